The highest BCUT2D eigenvalue weighted by molar-refractivity contribution is 5.99. The van der Waals surface area contributed by atoms with Gasteiger partial charge in [-0.3, -0.25) is 10.1 Å². The van der Waals surface area contributed by atoms with Gasteiger partial charge in [-0.05, 0) is 44.5 Å². The summed E-state index contributed by atoms with van der Waals surface area (Å²) in [5.74, 6) is 0.425. The summed E-state index contributed by atoms with van der Waals surface area (Å²) in [6.07, 6.45) is 0. The van der Waals surface area contributed by atoms with Crippen LogP contribution in [0, 0.1) is 24.0 Å². The zero-order chi connectivity index (χ0) is 15.4. The number of anilines is 1. The average Bonchev–Trinajstić information content (AvgIpc) is 2.44. The first-order valence-corrected chi connectivity index (χ1v) is 6.33. The van der Waals surface area contributed by atoms with E-state index in [2.05, 4.69) is 20.5 Å². The summed E-state index contributed by atoms with van der Waals surface area (Å²) >= 11 is 0. The van der Waals surface area contributed by atoms with E-state index in [-0.39, 0.29) is 5.69 Å². The number of hydrogen-bond donors (Lipinski definition) is 1. The first-order chi connectivity index (χ1) is 9.95. The molecule has 2 aromatic rings. The van der Waals surface area contributed by atoms with Crippen molar-refractivity contribution in [3.8, 4) is 0 Å². The SMILES string of the molecule is C/C(=N\Nc1nc(C)cc(C)n1)c1ccc([N+](=O)[O-])cc1. The maximum absolute atomic E-state index is 10.6. The first-order valence-electron chi connectivity index (χ1n) is 6.33. The third-order valence-electron chi connectivity index (χ3n) is 2.80. The molecular formula is C14H15N5O2. The molecule has 7 heteroatoms. The summed E-state index contributed by atoms with van der Waals surface area (Å²) in [6, 6.07) is 8.07. The van der Waals surface area contributed by atoms with Crippen LogP contribution >= 0.6 is 0 Å². The van der Waals surface area contributed by atoms with E-state index in [1.165, 1.54) is 12.1 Å². The molecule has 0 bridgehead atoms. The molecule has 0 saturated heterocycles. The van der Waals surface area contributed by atoms with Gasteiger partial charge >= 0.3 is 0 Å². The predicted molar refractivity (Wildman–Crippen MR) is 80.4 cm³/mol. The number of non-ortho nitro benzene ring substituents is 1. The Morgan fingerprint density at radius 1 is 1.19 bits per heavy atom. The van der Waals surface area contributed by atoms with E-state index in [1.54, 1.807) is 19.1 Å². The van der Waals surface area contributed by atoms with Crippen LogP contribution in [0.15, 0.2) is 35.4 Å². The van der Waals surface area contributed by atoms with Crippen LogP contribution in [0.25, 0.3) is 0 Å². The van der Waals surface area contributed by atoms with E-state index >= 15 is 0 Å². The van der Waals surface area contributed by atoms with Crippen molar-refractivity contribution in [2.75, 3.05) is 5.43 Å². The normalized spacial score (nSPS) is 11.3. The Bertz CT molecular complexity index is 675. The molecule has 0 amide bonds. The standard InChI is InChI=1S/C14H15N5O2/c1-9-8-10(2)16-14(15-9)18-17-11(3)12-4-6-13(7-5-12)19(20)21/h4-8H,1-3H3,(H,15,16,18)/b17-11+. The Balaban J connectivity index is 2.15. The first kappa shape index (κ1) is 14.6. The molecule has 2 rings (SSSR count). The lowest BCUT2D eigenvalue weighted by Gasteiger charge is -2.04. The number of nitro benzene ring substituents is 1. The zero-order valence-electron chi connectivity index (χ0n) is 12.0. The molecular weight excluding hydrogens is 270 g/mol. The highest BCUT2D eigenvalue weighted by Crippen LogP contribution is 2.13. The number of aromatic nitrogens is 2. The fourth-order valence-corrected chi connectivity index (χ4v) is 1.80. The van der Waals surface area contributed by atoms with Crippen molar-refractivity contribution in [2.45, 2.75) is 20.8 Å². The maximum Gasteiger partial charge on any atom is 0.269 e. The number of aryl methyl sites for hydroxylation is 2. The third kappa shape index (κ3) is 3.82. The van der Waals surface area contributed by atoms with Gasteiger partial charge in [0.2, 0.25) is 5.95 Å². The molecule has 7 nitrogen and oxygen atoms in total. The minimum absolute atomic E-state index is 0.0529. The van der Waals surface area contributed by atoms with E-state index in [9.17, 15) is 10.1 Å². The topological polar surface area (TPSA) is 93.3 Å². The summed E-state index contributed by atoms with van der Waals surface area (Å²) < 4.78 is 0. The fourth-order valence-electron chi connectivity index (χ4n) is 1.80. The number of rotatable bonds is 4. The molecule has 1 aromatic carbocycles. The van der Waals surface area contributed by atoms with Gasteiger partial charge in [-0.25, -0.2) is 15.4 Å². The van der Waals surface area contributed by atoms with Crippen LogP contribution in [0.4, 0.5) is 11.6 Å². The van der Waals surface area contributed by atoms with Gasteiger partial charge in [0.1, 0.15) is 0 Å². The Morgan fingerprint density at radius 2 is 1.76 bits per heavy atom. The number of hydrazone groups is 1. The molecule has 1 heterocycles. The molecule has 0 aliphatic rings. The highest BCUT2D eigenvalue weighted by atomic mass is 16.6. The van der Waals surface area contributed by atoms with Crippen molar-refractivity contribution in [1.82, 2.24) is 9.97 Å². The van der Waals surface area contributed by atoms with Crippen LogP contribution in [0.1, 0.15) is 23.9 Å². The van der Waals surface area contributed by atoms with Gasteiger partial charge in [0.05, 0.1) is 10.6 Å². The van der Waals surface area contributed by atoms with E-state index in [4.69, 9.17) is 0 Å². The van der Waals surface area contributed by atoms with Crippen LogP contribution < -0.4 is 5.43 Å². The Labute approximate surface area is 121 Å². The molecule has 0 aliphatic heterocycles. The molecule has 0 aliphatic carbocycles. The summed E-state index contributed by atoms with van der Waals surface area (Å²) in [5, 5.41) is 14.8. The number of benzene rings is 1. The van der Waals surface area contributed by atoms with E-state index < -0.39 is 4.92 Å². The number of hydrogen-bond acceptors (Lipinski definition) is 6. The van der Waals surface area contributed by atoms with Crippen molar-refractivity contribution < 1.29 is 4.92 Å². The van der Waals surface area contributed by atoms with Crippen molar-refractivity contribution in [1.29, 1.82) is 0 Å². The highest BCUT2D eigenvalue weighted by Gasteiger charge is 2.05. The molecule has 0 unspecified atom stereocenters. The van der Waals surface area contributed by atoms with Crippen molar-refractivity contribution in [3.63, 3.8) is 0 Å². The molecule has 0 fully saturated rings. The lowest BCUT2D eigenvalue weighted by Crippen LogP contribution is -2.04. The molecule has 1 N–H and O–H groups in total. The van der Waals surface area contributed by atoms with Gasteiger partial charge in [-0.2, -0.15) is 5.10 Å². The predicted octanol–water partition coefficient (Wildman–Crippen LogP) is 2.84. The second-order valence-corrected chi connectivity index (χ2v) is 4.59. The van der Waals surface area contributed by atoms with Crippen LogP contribution in [0.5, 0.6) is 0 Å². The quantitative estimate of drug-likeness (QED) is 0.529. The van der Waals surface area contributed by atoms with Crippen LogP contribution in [-0.4, -0.2) is 20.6 Å². The zero-order valence-corrected chi connectivity index (χ0v) is 12.0. The van der Waals surface area contributed by atoms with E-state index in [0.717, 1.165) is 17.0 Å². The third-order valence-corrected chi connectivity index (χ3v) is 2.80. The Kier molecular flexibility index (Phi) is 4.22. The molecule has 0 spiro atoms. The van der Waals surface area contributed by atoms with Crippen molar-refractivity contribution >= 4 is 17.3 Å². The molecule has 1 aromatic heterocycles. The smallest absolute Gasteiger partial charge is 0.258 e. The lowest BCUT2D eigenvalue weighted by molar-refractivity contribution is -0.384. The van der Waals surface area contributed by atoms with E-state index in [1.807, 2.05) is 19.9 Å². The van der Waals surface area contributed by atoms with Crippen molar-refractivity contribution in [2.24, 2.45) is 5.10 Å². The fraction of sp³-hybridized carbons (Fsp3) is 0.214. The number of nitrogens with one attached hydrogen (secondary N) is 1. The molecule has 0 radical (unpaired) electrons. The van der Waals surface area contributed by atoms with Crippen LogP contribution in [0.2, 0.25) is 0 Å². The maximum atomic E-state index is 10.6. The second kappa shape index (κ2) is 6.08. The molecule has 0 atom stereocenters. The van der Waals surface area contributed by atoms with Crippen molar-refractivity contribution in [3.05, 3.63) is 57.4 Å². The molecule has 108 valence electrons. The second-order valence-electron chi connectivity index (χ2n) is 4.59. The van der Waals surface area contributed by atoms with Crippen LogP contribution in [0.3, 0.4) is 0 Å². The van der Waals surface area contributed by atoms with Gasteiger partial charge in [-0.1, -0.05) is 0 Å². The van der Waals surface area contributed by atoms with E-state index in [0.29, 0.717) is 11.7 Å². The summed E-state index contributed by atoms with van der Waals surface area (Å²) in [6.45, 7) is 5.57. The summed E-state index contributed by atoms with van der Waals surface area (Å²) in [7, 11) is 0. The Hall–Kier alpha value is -2.83. The molecule has 21 heavy (non-hydrogen) atoms. The Morgan fingerprint density at radius 3 is 2.29 bits per heavy atom. The minimum Gasteiger partial charge on any atom is -0.258 e. The van der Waals surface area contributed by atoms with Gasteiger partial charge in [-0.15, -0.1) is 0 Å². The molecule has 0 saturated carbocycles. The lowest BCUT2D eigenvalue weighted by atomic mass is 10.1. The van der Waals surface area contributed by atoms with Gasteiger partial charge in [0, 0.05) is 23.5 Å². The largest absolute Gasteiger partial charge is 0.269 e. The average molecular weight is 285 g/mol. The monoisotopic (exact) mass is 285 g/mol. The minimum atomic E-state index is -0.433. The summed E-state index contributed by atoms with van der Waals surface area (Å²) in [4.78, 5) is 18.6. The van der Waals surface area contributed by atoms with Crippen LogP contribution in [-0.2, 0) is 0 Å². The number of nitrogens with zero attached hydrogens (tertiary/aromatic N) is 4. The van der Waals surface area contributed by atoms with Gasteiger partial charge in [0.15, 0.2) is 0 Å². The summed E-state index contributed by atoms with van der Waals surface area (Å²) in [5.41, 5.74) is 6.03. The van der Waals surface area contributed by atoms with Gasteiger partial charge in [0.25, 0.3) is 5.69 Å². The number of nitro groups is 1. The van der Waals surface area contributed by atoms with Gasteiger partial charge < -0.3 is 0 Å².